The minimum absolute atomic E-state index is 0.0415. The number of halogens is 6. The molecule has 4 rings (SSSR count). The summed E-state index contributed by atoms with van der Waals surface area (Å²) < 4.78 is 80.4. The fourth-order valence-corrected chi connectivity index (χ4v) is 7.12. The summed E-state index contributed by atoms with van der Waals surface area (Å²) in [6.45, 7) is 2.36. The molecule has 6 heteroatoms. The molecule has 0 unspecified atom stereocenters. The molecule has 0 N–H and O–H groups in total. The van der Waals surface area contributed by atoms with Gasteiger partial charge in [-0.2, -0.15) is 13.2 Å². The molecule has 0 nitrogen and oxygen atoms in total. The van der Waals surface area contributed by atoms with E-state index in [0.717, 1.165) is 24.2 Å². The number of allylic oxidation sites excluding steroid dienone is 2. The predicted octanol–water partition coefficient (Wildman–Crippen LogP) is 10.2. The smallest absolute Gasteiger partial charge is 0.207 e. The second-order valence-corrected chi connectivity index (χ2v) is 11.9. The largest absolute Gasteiger partial charge is 0.442 e. The van der Waals surface area contributed by atoms with Crippen molar-refractivity contribution < 1.29 is 26.3 Å². The first kappa shape index (κ1) is 27.6. The molecule has 1 aromatic rings. The Kier molecular flexibility index (Phi) is 9.14. The molecule has 0 bridgehead atoms. The average molecular weight is 515 g/mol. The van der Waals surface area contributed by atoms with Gasteiger partial charge in [0.05, 0.1) is 0 Å². The third kappa shape index (κ3) is 7.10. The van der Waals surface area contributed by atoms with Crippen LogP contribution in [0.1, 0.15) is 107 Å². The van der Waals surface area contributed by atoms with Crippen LogP contribution in [0.3, 0.4) is 0 Å². The molecule has 3 aliphatic rings. The van der Waals surface area contributed by atoms with Gasteiger partial charge in [0.25, 0.3) is 0 Å². The van der Waals surface area contributed by atoms with E-state index in [-0.39, 0.29) is 24.3 Å². The van der Waals surface area contributed by atoms with Crippen LogP contribution in [0, 0.1) is 41.2 Å². The molecule has 3 fully saturated rings. The van der Waals surface area contributed by atoms with Crippen LogP contribution in [0.4, 0.5) is 26.3 Å². The minimum atomic E-state index is -4.97. The molecule has 0 amide bonds. The van der Waals surface area contributed by atoms with Gasteiger partial charge in [0.2, 0.25) is 0 Å². The molecule has 1 aromatic carbocycles. The summed E-state index contributed by atoms with van der Waals surface area (Å²) in [5.74, 6) is -0.863. The Bertz CT molecular complexity index is 856. The molecule has 0 radical (unpaired) electrons. The lowest BCUT2D eigenvalue weighted by Crippen LogP contribution is -2.25. The van der Waals surface area contributed by atoms with Crippen LogP contribution in [0.25, 0.3) is 0 Å². The summed E-state index contributed by atoms with van der Waals surface area (Å²) in [5, 5.41) is 0. The van der Waals surface area contributed by atoms with Gasteiger partial charge in [0.1, 0.15) is 11.6 Å². The molecule has 3 saturated carbocycles. The molecule has 0 saturated heterocycles. The normalized spacial score (nSPS) is 32.5. The van der Waals surface area contributed by atoms with E-state index in [1.54, 1.807) is 0 Å². The van der Waals surface area contributed by atoms with Crippen molar-refractivity contribution in [3.05, 3.63) is 46.8 Å². The topological polar surface area (TPSA) is 0 Å². The highest BCUT2D eigenvalue weighted by atomic mass is 19.4. The summed E-state index contributed by atoms with van der Waals surface area (Å²) in [5.41, 5.74) is 0.723. The van der Waals surface area contributed by atoms with Gasteiger partial charge in [-0.15, -0.1) is 0 Å². The van der Waals surface area contributed by atoms with E-state index in [1.807, 2.05) is 0 Å². The van der Waals surface area contributed by atoms with E-state index in [2.05, 4.69) is 6.92 Å². The summed E-state index contributed by atoms with van der Waals surface area (Å²) in [4.78, 5) is 0. The molecule has 0 aliphatic heterocycles. The van der Waals surface area contributed by atoms with E-state index in [0.29, 0.717) is 36.8 Å². The molecule has 0 aromatic heterocycles. The number of rotatable bonds is 6. The molecular formula is C30H40F6. The third-order valence-corrected chi connectivity index (χ3v) is 9.43. The summed E-state index contributed by atoms with van der Waals surface area (Å²) >= 11 is 0. The molecule has 0 heterocycles. The number of hydrogen-bond donors (Lipinski definition) is 0. The van der Waals surface area contributed by atoms with Crippen LogP contribution >= 0.6 is 0 Å². The maximum Gasteiger partial charge on any atom is 0.442 e. The maximum absolute atomic E-state index is 14.9. The number of aryl methyl sites for hydroxylation is 1. The van der Waals surface area contributed by atoms with Crippen molar-refractivity contribution in [1.29, 1.82) is 0 Å². The first-order valence-electron chi connectivity index (χ1n) is 14.0. The van der Waals surface area contributed by atoms with Gasteiger partial charge < -0.3 is 0 Å². The molecule has 202 valence electrons. The van der Waals surface area contributed by atoms with Crippen LogP contribution in [0.15, 0.2) is 24.0 Å². The van der Waals surface area contributed by atoms with Crippen molar-refractivity contribution in [2.75, 3.05) is 0 Å². The zero-order valence-corrected chi connectivity index (χ0v) is 21.4. The standard InChI is InChI=1S/C30H40F6/c1-19-2-10-23(11-3-19)24-12-6-20(7-13-24)4-5-22-16-26(31)29(27(32)17-22)25-14-8-21(9-15-25)18-28(33)30(34,35)36/h16-21,23-25H,2-15H2,1H3. The number of alkyl halides is 3. The average Bonchev–Trinajstić information content (AvgIpc) is 2.84. The van der Waals surface area contributed by atoms with Gasteiger partial charge in [-0.3, -0.25) is 0 Å². The van der Waals surface area contributed by atoms with Crippen LogP contribution in [0.2, 0.25) is 0 Å². The van der Waals surface area contributed by atoms with Gasteiger partial charge >= 0.3 is 6.18 Å². The van der Waals surface area contributed by atoms with Crippen molar-refractivity contribution in [2.24, 2.45) is 29.6 Å². The maximum atomic E-state index is 14.9. The molecule has 0 spiro atoms. The summed E-state index contributed by atoms with van der Waals surface area (Å²) in [7, 11) is 0. The first-order valence-corrected chi connectivity index (χ1v) is 14.0. The van der Waals surface area contributed by atoms with Crippen molar-refractivity contribution in [3.63, 3.8) is 0 Å². The predicted molar refractivity (Wildman–Crippen MR) is 131 cm³/mol. The van der Waals surface area contributed by atoms with E-state index in [4.69, 9.17) is 0 Å². The van der Waals surface area contributed by atoms with Crippen LogP contribution in [0.5, 0.6) is 0 Å². The highest BCUT2D eigenvalue weighted by Crippen LogP contribution is 2.43. The van der Waals surface area contributed by atoms with Gasteiger partial charge in [-0.1, -0.05) is 32.6 Å². The van der Waals surface area contributed by atoms with Crippen molar-refractivity contribution >= 4 is 0 Å². The highest BCUT2D eigenvalue weighted by Gasteiger charge is 2.36. The fourth-order valence-electron chi connectivity index (χ4n) is 7.12. The van der Waals surface area contributed by atoms with E-state index >= 15 is 0 Å². The van der Waals surface area contributed by atoms with Crippen LogP contribution in [-0.2, 0) is 6.42 Å². The summed E-state index contributed by atoms with van der Waals surface area (Å²) in [6, 6.07) is 2.89. The lowest BCUT2D eigenvalue weighted by Gasteiger charge is -2.37. The SMILES string of the molecule is CC1CCC(C2CCC(CCc3cc(F)c(C4CCC(C=C(F)C(F)(F)F)CC4)c(F)c3)CC2)CC1. The third-order valence-electron chi connectivity index (χ3n) is 9.43. The minimum Gasteiger partial charge on any atom is -0.207 e. The van der Waals surface area contributed by atoms with Gasteiger partial charge in [0.15, 0.2) is 5.83 Å². The van der Waals surface area contributed by atoms with Gasteiger partial charge in [-0.05, 0) is 123 Å². The second-order valence-electron chi connectivity index (χ2n) is 11.9. The van der Waals surface area contributed by atoms with Crippen molar-refractivity contribution in [2.45, 2.75) is 109 Å². The summed E-state index contributed by atoms with van der Waals surface area (Å²) in [6.07, 6.45) is 9.04. The zero-order valence-electron chi connectivity index (χ0n) is 21.4. The number of hydrogen-bond acceptors (Lipinski definition) is 0. The Balaban J connectivity index is 1.26. The lowest BCUT2D eigenvalue weighted by molar-refractivity contribution is -0.109. The van der Waals surface area contributed by atoms with E-state index in [1.165, 1.54) is 63.5 Å². The van der Waals surface area contributed by atoms with Crippen molar-refractivity contribution in [1.82, 2.24) is 0 Å². The lowest BCUT2D eigenvalue weighted by atomic mass is 9.69. The highest BCUT2D eigenvalue weighted by molar-refractivity contribution is 5.30. The zero-order chi connectivity index (χ0) is 25.9. The Hall–Kier alpha value is -1.46. The Morgan fingerprint density at radius 1 is 0.806 bits per heavy atom. The van der Waals surface area contributed by atoms with Gasteiger partial charge in [0, 0.05) is 5.56 Å². The number of benzene rings is 1. The molecular weight excluding hydrogens is 474 g/mol. The van der Waals surface area contributed by atoms with Crippen LogP contribution < -0.4 is 0 Å². The van der Waals surface area contributed by atoms with Gasteiger partial charge in [-0.25, -0.2) is 13.2 Å². The molecule has 3 aliphatic carbocycles. The Morgan fingerprint density at radius 2 is 1.33 bits per heavy atom. The molecule has 0 atom stereocenters. The Labute approximate surface area is 211 Å². The fraction of sp³-hybridized carbons (Fsp3) is 0.733. The molecule has 36 heavy (non-hydrogen) atoms. The monoisotopic (exact) mass is 514 g/mol. The quantitative estimate of drug-likeness (QED) is 0.331. The Morgan fingerprint density at radius 3 is 1.86 bits per heavy atom. The van der Waals surface area contributed by atoms with E-state index in [9.17, 15) is 26.3 Å². The van der Waals surface area contributed by atoms with Crippen LogP contribution in [-0.4, -0.2) is 6.18 Å². The second kappa shape index (κ2) is 11.9. The van der Waals surface area contributed by atoms with Crippen molar-refractivity contribution in [3.8, 4) is 0 Å². The first-order chi connectivity index (χ1) is 17.1. The van der Waals surface area contributed by atoms with E-state index < -0.39 is 29.6 Å².